The molecule has 1 rings (SSSR count). The molecule has 1 aromatic carbocycles. The quantitative estimate of drug-likeness (QED) is 0.841. The third kappa shape index (κ3) is 3.58. The normalized spacial score (nSPS) is 14.0. The van der Waals surface area contributed by atoms with E-state index in [0.29, 0.717) is 12.0 Å². The molecule has 2 N–H and O–H groups in total. The number of hydrogen-bond acceptors (Lipinski definition) is 2. The van der Waals surface area contributed by atoms with Crippen molar-refractivity contribution < 1.29 is 14.7 Å². The van der Waals surface area contributed by atoms with E-state index in [1.807, 2.05) is 13.8 Å². The summed E-state index contributed by atoms with van der Waals surface area (Å²) in [4.78, 5) is 23.3. The number of benzene rings is 1. The molecule has 98 valence electrons. The van der Waals surface area contributed by atoms with Gasteiger partial charge in [0.05, 0.1) is 0 Å². The van der Waals surface area contributed by atoms with Crippen LogP contribution in [-0.4, -0.2) is 22.5 Å². The number of carboxylic acids is 1. The molecule has 18 heavy (non-hydrogen) atoms. The molecule has 0 unspecified atom stereocenters. The molecule has 0 radical (unpaired) electrons. The second kappa shape index (κ2) is 5.67. The molecular weight excluding hydrogens is 230 g/mol. The van der Waals surface area contributed by atoms with E-state index in [2.05, 4.69) is 5.32 Å². The Morgan fingerprint density at radius 1 is 1.28 bits per heavy atom. The Labute approximate surface area is 107 Å². The number of carboxylic acid groups (broad SMARTS) is 1. The van der Waals surface area contributed by atoms with E-state index in [-0.39, 0.29) is 11.8 Å². The minimum absolute atomic E-state index is 0.183. The number of amides is 1. The zero-order chi connectivity index (χ0) is 13.8. The highest BCUT2D eigenvalue weighted by atomic mass is 16.4. The number of carbonyl (C=O) groups is 2. The third-order valence-electron chi connectivity index (χ3n) is 2.71. The molecule has 0 spiro atoms. The van der Waals surface area contributed by atoms with Crippen molar-refractivity contribution in [3.8, 4) is 0 Å². The number of carbonyl (C=O) groups excluding carboxylic acids is 1. The fourth-order valence-corrected chi connectivity index (χ4v) is 1.92. The number of aliphatic carboxylic acids is 1. The highest BCUT2D eigenvalue weighted by Crippen LogP contribution is 2.17. The van der Waals surface area contributed by atoms with Gasteiger partial charge < -0.3 is 10.4 Å². The Balaban J connectivity index is 2.85. The lowest BCUT2D eigenvalue weighted by molar-refractivity contribution is -0.144. The molecule has 1 atom stereocenters. The van der Waals surface area contributed by atoms with Crippen molar-refractivity contribution in [3.63, 3.8) is 0 Å². The first-order chi connectivity index (χ1) is 8.35. The van der Waals surface area contributed by atoms with Crippen molar-refractivity contribution in [2.45, 2.75) is 32.7 Å². The van der Waals surface area contributed by atoms with Gasteiger partial charge in [-0.05, 0) is 31.4 Å². The molecule has 0 aliphatic carbocycles. The maximum atomic E-state index is 12.0. The molecule has 1 amide bonds. The highest BCUT2D eigenvalue weighted by molar-refractivity contribution is 5.97. The van der Waals surface area contributed by atoms with Gasteiger partial charge in [-0.2, -0.15) is 0 Å². The Hall–Kier alpha value is -1.84. The number of rotatable bonds is 5. The van der Waals surface area contributed by atoms with Crippen LogP contribution < -0.4 is 5.32 Å². The third-order valence-corrected chi connectivity index (χ3v) is 2.71. The monoisotopic (exact) mass is 249 g/mol. The lowest BCUT2D eigenvalue weighted by atomic mass is 9.90. The van der Waals surface area contributed by atoms with Crippen molar-refractivity contribution in [3.05, 3.63) is 35.9 Å². The minimum atomic E-state index is -1.24. The fraction of sp³-hybridized carbons (Fsp3) is 0.429. The van der Waals surface area contributed by atoms with Gasteiger partial charge in [-0.25, -0.2) is 4.79 Å². The minimum Gasteiger partial charge on any atom is -0.480 e. The molecule has 0 saturated carbocycles. The summed E-state index contributed by atoms with van der Waals surface area (Å²) in [5.41, 5.74) is -0.769. The van der Waals surface area contributed by atoms with E-state index < -0.39 is 11.5 Å². The predicted molar refractivity (Wildman–Crippen MR) is 69.4 cm³/mol. The molecule has 4 heteroatoms. The van der Waals surface area contributed by atoms with Gasteiger partial charge in [0.2, 0.25) is 0 Å². The Morgan fingerprint density at radius 3 is 2.28 bits per heavy atom. The van der Waals surface area contributed by atoms with Crippen LogP contribution >= 0.6 is 0 Å². The Bertz CT molecular complexity index is 428. The van der Waals surface area contributed by atoms with Gasteiger partial charge in [-0.15, -0.1) is 0 Å². The van der Waals surface area contributed by atoms with Gasteiger partial charge in [-0.3, -0.25) is 4.79 Å². The van der Waals surface area contributed by atoms with Gasteiger partial charge in [0.1, 0.15) is 5.54 Å². The largest absolute Gasteiger partial charge is 0.480 e. The lowest BCUT2D eigenvalue weighted by Crippen LogP contribution is -2.53. The summed E-state index contributed by atoms with van der Waals surface area (Å²) in [7, 11) is 0. The van der Waals surface area contributed by atoms with E-state index in [4.69, 9.17) is 0 Å². The molecule has 1 aromatic rings. The SMILES string of the molecule is CC(C)C[C@@](C)(NC(=O)c1ccccc1)C(=O)O. The van der Waals surface area contributed by atoms with Crippen molar-refractivity contribution >= 4 is 11.9 Å². The molecule has 0 aromatic heterocycles. The van der Waals surface area contributed by atoms with Crippen LogP contribution in [0.3, 0.4) is 0 Å². The second-order valence-electron chi connectivity index (χ2n) is 5.06. The van der Waals surface area contributed by atoms with Crippen molar-refractivity contribution in [1.29, 1.82) is 0 Å². The van der Waals surface area contributed by atoms with Crippen molar-refractivity contribution in [2.75, 3.05) is 0 Å². The molecule has 0 heterocycles. The molecule has 0 fully saturated rings. The van der Waals surface area contributed by atoms with Crippen LogP contribution in [-0.2, 0) is 4.79 Å². The zero-order valence-corrected chi connectivity index (χ0v) is 10.9. The fourth-order valence-electron chi connectivity index (χ4n) is 1.92. The lowest BCUT2D eigenvalue weighted by Gasteiger charge is -2.28. The molecule has 0 aliphatic rings. The van der Waals surface area contributed by atoms with E-state index in [9.17, 15) is 14.7 Å². The number of hydrogen-bond donors (Lipinski definition) is 2. The average molecular weight is 249 g/mol. The Kier molecular flexibility index (Phi) is 4.48. The summed E-state index contributed by atoms with van der Waals surface area (Å²) < 4.78 is 0. The smallest absolute Gasteiger partial charge is 0.329 e. The number of nitrogens with one attached hydrogen (secondary N) is 1. The molecule has 4 nitrogen and oxygen atoms in total. The van der Waals surface area contributed by atoms with Crippen LogP contribution in [0.1, 0.15) is 37.6 Å². The van der Waals surface area contributed by atoms with Crippen LogP contribution in [0.2, 0.25) is 0 Å². The predicted octanol–water partition coefficient (Wildman–Crippen LogP) is 2.31. The maximum Gasteiger partial charge on any atom is 0.329 e. The van der Waals surface area contributed by atoms with Crippen LogP contribution in [0.15, 0.2) is 30.3 Å². The van der Waals surface area contributed by atoms with Gasteiger partial charge in [0, 0.05) is 5.56 Å². The first-order valence-corrected chi connectivity index (χ1v) is 5.96. The van der Waals surface area contributed by atoms with Gasteiger partial charge >= 0.3 is 5.97 Å². The first-order valence-electron chi connectivity index (χ1n) is 5.96. The maximum absolute atomic E-state index is 12.0. The summed E-state index contributed by atoms with van der Waals surface area (Å²) in [6.45, 7) is 5.39. The van der Waals surface area contributed by atoms with E-state index in [0.717, 1.165) is 0 Å². The summed E-state index contributed by atoms with van der Waals surface area (Å²) in [6, 6.07) is 8.62. The van der Waals surface area contributed by atoms with Crippen LogP contribution in [0.25, 0.3) is 0 Å². The standard InChI is InChI=1S/C14H19NO3/c1-10(2)9-14(3,13(17)18)15-12(16)11-7-5-4-6-8-11/h4-8,10H,9H2,1-3H3,(H,15,16)(H,17,18)/t14-/m1/s1. The first kappa shape index (κ1) is 14.2. The van der Waals surface area contributed by atoms with Crippen molar-refractivity contribution in [1.82, 2.24) is 5.32 Å². The molecular formula is C14H19NO3. The summed E-state index contributed by atoms with van der Waals surface area (Å²) in [5, 5.41) is 11.9. The molecule has 0 saturated heterocycles. The van der Waals surface area contributed by atoms with E-state index in [1.165, 1.54) is 6.92 Å². The van der Waals surface area contributed by atoms with Crippen LogP contribution in [0, 0.1) is 5.92 Å². The average Bonchev–Trinajstić information content (AvgIpc) is 2.28. The van der Waals surface area contributed by atoms with Gasteiger partial charge in [0.15, 0.2) is 0 Å². The van der Waals surface area contributed by atoms with E-state index >= 15 is 0 Å². The zero-order valence-electron chi connectivity index (χ0n) is 10.9. The summed E-state index contributed by atoms with van der Waals surface area (Å²) in [6.07, 6.45) is 0.390. The topological polar surface area (TPSA) is 66.4 Å². The van der Waals surface area contributed by atoms with Gasteiger partial charge in [0.25, 0.3) is 5.91 Å². The summed E-state index contributed by atoms with van der Waals surface area (Å²) in [5.74, 6) is -1.19. The van der Waals surface area contributed by atoms with Gasteiger partial charge in [-0.1, -0.05) is 32.0 Å². The molecule has 0 aliphatic heterocycles. The molecule has 0 bridgehead atoms. The van der Waals surface area contributed by atoms with Crippen LogP contribution in [0.5, 0.6) is 0 Å². The van der Waals surface area contributed by atoms with E-state index in [1.54, 1.807) is 30.3 Å². The van der Waals surface area contributed by atoms with Crippen LogP contribution in [0.4, 0.5) is 0 Å². The highest BCUT2D eigenvalue weighted by Gasteiger charge is 2.35. The Morgan fingerprint density at radius 2 is 1.83 bits per heavy atom. The van der Waals surface area contributed by atoms with Crippen molar-refractivity contribution in [2.24, 2.45) is 5.92 Å². The summed E-state index contributed by atoms with van der Waals surface area (Å²) >= 11 is 0. The second-order valence-corrected chi connectivity index (χ2v) is 5.06.